The van der Waals surface area contributed by atoms with Gasteiger partial charge in [0.15, 0.2) is 0 Å². The van der Waals surface area contributed by atoms with Gasteiger partial charge in [-0.15, -0.1) is 0 Å². The Morgan fingerprint density at radius 1 is 1.17 bits per heavy atom. The normalized spacial score (nSPS) is 11.3. The molecule has 2 aromatic rings. The maximum Gasteiger partial charge on any atom is 0.234 e. The van der Waals surface area contributed by atoms with Crippen LogP contribution in [0.4, 0.5) is 5.69 Å². The molecule has 0 aliphatic carbocycles. The molecule has 1 heterocycles. The standard InChI is InChI=1S/C15H17N3/c1-10-13(16-5)14(18-17-10)11-6-8-12(9-7-11)15(2,3)4/h6-9H,1-4H3,(H,17,18). The van der Waals surface area contributed by atoms with Crippen molar-refractivity contribution >= 4 is 5.69 Å². The van der Waals surface area contributed by atoms with Gasteiger partial charge in [-0.2, -0.15) is 5.10 Å². The highest BCUT2D eigenvalue weighted by Crippen LogP contribution is 2.32. The fourth-order valence-corrected chi connectivity index (χ4v) is 1.89. The summed E-state index contributed by atoms with van der Waals surface area (Å²) in [5.41, 5.74) is 4.57. The number of hydrogen-bond donors (Lipinski definition) is 1. The van der Waals surface area contributed by atoms with Crippen LogP contribution in [0.15, 0.2) is 24.3 Å². The van der Waals surface area contributed by atoms with E-state index in [1.54, 1.807) is 0 Å². The summed E-state index contributed by atoms with van der Waals surface area (Å²) < 4.78 is 0. The van der Waals surface area contributed by atoms with Crippen molar-refractivity contribution in [3.63, 3.8) is 0 Å². The minimum atomic E-state index is 0.142. The molecule has 0 saturated carbocycles. The van der Waals surface area contributed by atoms with Gasteiger partial charge in [0.25, 0.3) is 0 Å². The summed E-state index contributed by atoms with van der Waals surface area (Å²) in [7, 11) is 0. The van der Waals surface area contributed by atoms with E-state index in [-0.39, 0.29) is 5.41 Å². The van der Waals surface area contributed by atoms with Crippen LogP contribution in [0.25, 0.3) is 16.1 Å². The third kappa shape index (κ3) is 2.14. The summed E-state index contributed by atoms with van der Waals surface area (Å²) in [5.74, 6) is 0. The number of H-pyrrole nitrogens is 1. The second kappa shape index (κ2) is 4.30. The van der Waals surface area contributed by atoms with E-state index in [2.05, 4.69) is 47.9 Å². The topological polar surface area (TPSA) is 33.0 Å². The Bertz CT molecular complexity index is 592. The first-order valence-electron chi connectivity index (χ1n) is 5.97. The molecule has 2 rings (SSSR count). The Morgan fingerprint density at radius 3 is 2.28 bits per heavy atom. The zero-order chi connectivity index (χ0) is 13.3. The first kappa shape index (κ1) is 12.4. The average molecular weight is 239 g/mol. The van der Waals surface area contributed by atoms with E-state index in [1.165, 1.54) is 5.56 Å². The zero-order valence-electron chi connectivity index (χ0n) is 11.2. The Balaban J connectivity index is 2.45. The number of rotatable bonds is 1. The van der Waals surface area contributed by atoms with Crippen molar-refractivity contribution in [3.05, 3.63) is 46.9 Å². The van der Waals surface area contributed by atoms with Crippen LogP contribution in [0, 0.1) is 13.5 Å². The molecule has 1 aromatic carbocycles. The smallest absolute Gasteiger partial charge is 0.234 e. The lowest BCUT2D eigenvalue weighted by molar-refractivity contribution is 0.590. The van der Waals surface area contributed by atoms with Crippen molar-refractivity contribution in [1.82, 2.24) is 10.2 Å². The molecule has 0 unspecified atom stereocenters. The number of nitrogens with zero attached hydrogens (tertiary/aromatic N) is 2. The molecule has 0 spiro atoms. The van der Waals surface area contributed by atoms with Gasteiger partial charge in [0.1, 0.15) is 0 Å². The summed E-state index contributed by atoms with van der Waals surface area (Å²) in [6.45, 7) is 15.6. The van der Waals surface area contributed by atoms with Crippen LogP contribution >= 0.6 is 0 Å². The van der Waals surface area contributed by atoms with Gasteiger partial charge < -0.3 is 0 Å². The van der Waals surface area contributed by atoms with Crippen LogP contribution < -0.4 is 0 Å². The summed E-state index contributed by atoms with van der Waals surface area (Å²) in [5, 5.41) is 7.08. The molecule has 0 aliphatic heterocycles. The van der Waals surface area contributed by atoms with E-state index in [4.69, 9.17) is 6.57 Å². The van der Waals surface area contributed by atoms with Crippen LogP contribution in [0.1, 0.15) is 32.0 Å². The van der Waals surface area contributed by atoms with Gasteiger partial charge in [-0.3, -0.25) is 5.10 Å². The molecule has 3 heteroatoms. The zero-order valence-corrected chi connectivity index (χ0v) is 11.2. The Labute approximate surface area is 108 Å². The summed E-state index contributed by atoms with van der Waals surface area (Å²) >= 11 is 0. The molecule has 1 aromatic heterocycles. The highest BCUT2D eigenvalue weighted by atomic mass is 15.1. The number of aromatic nitrogens is 2. The molecule has 0 amide bonds. The summed E-state index contributed by atoms with van der Waals surface area (Å²) in [6, 6.07) is 8.27. The number of benzene rings is 1. The maximum absolute atomic E-state index is 7.20. The Hall–Kier alpha value is -2.08. The van der Waals surface area contributed by atoms with Gasteiger partial charge in [-0.25, -0.2) is 4.85 Å². The number of nitrogens with one attached hydrogen (secondary N) is 1. The van der Waals surface area contributed by atoms with E-state index in [0.29, 0.717) is 5.69 Å². The minimum Gasteiger partial charge on any atom is -0.294 e. The molecular formula is C15H17N3. The molecule has 0 bridgehead atoms. The van der Waals surface area contributed by atoms with Gasteiger partial charge in [-0.05, 0) is 23.5 Å². The van der Waals surface area contributed by atoms with E-state index in [1.807, 2.05) is 19.1 Å². The predicted molar refractivity (Wildman–Crippen MR) is 73.7 cm³/mol. The van der Waals surface area contributed by atoms with Crippen LogP contribution in [0.5, 0.6) is 0 Å². The second-order valence-electron chi connectivity index (χ2n) is 5.48. The largest absolute Gasteiger partial charge is 0.294 e. The SMILES string of the molecule is [C-]#[N+]c1c(-c2ccc(C(C)(C)C)cc2)n[nH]c1C. The molecule has 1 N–H and O–H groups in total. The van der Waals surface area contributed by atoms with Gasteiger partial charge in [-0.1, -0.05) is 45.0 Å². The van der Waals surface area contributed by atoms with E-state index in [0.717, 1.165) is 17.0 Å². The third-order valence-electron chi connectivity index (χ3n) is 3.05. The van der Waals surface area contributed by atoms with E-state index in [9.17, 15) is 0 Å². The van der Waals surface area contributed by atoms with Gasteiger partial charge in [0, 0.05) is 5.69 Å². The molecule has 0 aliphatic rings. The van der Waals surface area contributed by atoms with Crippen LogP contribution in [-0.4, -0.2) is 10.2 Å². The van der Waals surface area contributed by atoms with Crippen molar-refractivity contribution in [3.8, 4) is 11.3 Å². The first-order valence-corrected chi connectivity index (χ1v) is 5.97. The molecule has 0 atom stereocenters. The molecule has 0 radical (unpaired) electrons. The molecule has 0 fully saturated rings. The maximum atomic E-state index is 7.20. The predicted octanol–water partition coefficient (Wildman–Crippen LogP) is 4.23. The lowest BCUT2D eigenvalue weighted by Gasteiger charge is -2.18. The van der Waals surface area contributed by atoms with E-state index >= 15 is 0 Å². The number of aromatic amines is 1. The van der Waals surface area contributed by atoms with Crippen molar-refractivity contribution in [1.29, 1.82) is 0 Å². The number of aryl methyl sites for hydroxylation is 1. The molecular weight excluding hydrogens is 222 g/mol. The minimum absolute atomic E-state index is 0.142. The quantitative estimate of drug-likeness (QED) is 0.742. The Morgan fingerprint density at radius 2 is 1.78 bits per heavy atom. The molecule has 3 nitrogen and oxygen atoms in total. The second-order valence-corrected chi connectivity index (χ2v) is 5.48. The Kier molecular flexibility index (Phi) is 2.96. The van der Waals surface area contributed by atoms with Crippen molar-refractivity contribution in [2.24, 2.45) is 0 Å². The molecule has 0 saturated heterocycles. The highest BCUT2D eigenvalue weighted by molar-refractivity contribution is 5.76. The van der Waals surface area contributed by atoms with Crippen LogP contribution in [0.2, 0.25) is 0 Å². The van der Waals surface area contributed by atoms with Crippen molar-refractivity contribution in [2.75, 3.05) is 0 Å². The van der Waals surface area contributed by atoms with Crippen molar-refractivity contribution in [2.45, 2.75) is 33.1 Å². The highest BCUT2D eigenvalue weighted by Gasteiger charge is 2.15. The molecule has 18 heavy (non-hydrogen) atoms. The lowest BCUT2D eigenvalue weighted by Crippen LogP contribution is -2.10. The number of hydrogen-bond acceptors (Lipinski definition) is 1. The van der Waals surface area contributed by atoms with Crippen LogP contribution in [0.3, 0.4) is 0 Å². The molecule has 92 valence electrons. The third-order valence-corrected chi connectivity index (χ3v) is 3.05. The van der Waals surface area contributed by atoms with Gasteiger partial charge in [0.05, 0.1) is 12.3 Å². The van der Waals surface area contributed by atoms with Crippen molar-refractivity contribution < 1.29 is 0 Å². The van der Waals surface area contributed by atoms with Gasteiger partial charge in [0.2, 0.25) is 5.69 Å². The fourth-order valence-electron chi connectivity index (χ4n) is 1.89. The average Bonchev–Trinajstić information content (AvgIpc) is 2.69. The summed E-state index contributed by atoms with van der Waals surface area (Å²) in [4.78, 5) is 3.53. The monoisotopic (exact) mass is 239 g/mol. The first-order chi connectivity index (χ1) is 8.43. The fraction of sp³-hybridized carbons (Fsp3) is 0.333. The van der Waals surface area contributed by atoms with Gasteiger partial charge >= 0.3 is 0 Å². The van der Waals surface area contributed by atoms with Crippen LogP contribution in [-0.2, 0) is 5.41 Å². The lowest BCUT2D eigenvalue weighted by atomic mass is 9.86. The summed E-state index contributed by atoms with van der Waals surface area (Å²) in [6.07, 6.45) is 0. The van der Waals surface area contributed by atoms with E-state index < -0.39 is 0 Å².